The first-order valence-corrected chi connectivity index (χ1v) is 13.4. The molecule has 36 heavy (non-hydrogen) atoms. The Morgan fingerprint density at radius 2 is 1.86 bits per heavy atom. The topological polar surface area (TPSA) is 118 Å². The Kier molecular flexibility index (Phi) is 9.49. The number of carboxylic acid groups (broad SMARTS) is 1. The first-order valence-electron chi connectivity index (χ1n) is 10.4. The number of rotatable bonds is 10. The second-order valence-electron chi connectivity index (χ2n) is 7.29. The Bertz CT molecular complexity index is 1250. The van der Waals surface area contributed by atoms with Crippen molar-refractivity contribution in [2.75, 3.05) is 13.7 Å². The number of nitrogens with zero attached hydrogens (tertiary/aromatic N) is 2. The van der Waals surface area contributed by atoms with Gasteiger partial charge in [0.25, 0.3) is 11.8 Å². The maximum Gasteiger partial charge on any atom is 0.356 e. The molecule has 0 radical (unpaired) electrons. The molecule has 13 heteroatoms. The van der Waals surface area contributed by atoms with Crippen LogP contribution in [-0.4, -0.2) is 57.9 Å². The van der Waals surface area contributed by atoms with Crippen molar-refractivity contribution in [3.8, 4) is 5.75 Å². The minimum atomic E-state index is -1.30. The number of β-lactam (4-membered cyclic amide) rings is 1. The average Bonchev–Trinajstić information content (AvgIpc) is 3.28. The van der Waals surface area contributed by atoms with E-state index in [9.17, 15) is 19.5 Å². The molecule has 1 aliphatic rings. The Labute approximate surface area is 225 Å². The van der Waals surface area contributed by atoms with E-state index in [2.05, 4.69) is 10.3 Å². The fourth-order valence-electron chi connectivity index (χ4n) is 3.31. The molecule has 2 unspecified atom stereocenters. The summed E-state index contributed by atoms with van der Waals surface area (Å²) in [5.74, 6) is -1.74. The smallest absolute Gasteiger partial charge is 0.356 e. The Morgan fingerprint density at radius 3 is 2.53 bits per heavy atom. The number of methoxy groups -OCH3 is 1. The van der Waals surface area contributed by atoms with E-state index in [-0.39, 0.29) is 30.5 Å². The van der Waals surface area contributed by atoms with E-state index in [0.717, 1.165) is 19.5 Å². The molecule has 1 aromatic heterocycles. The third-order valence-electron chi connectivity index (χ3n) is 5.05. The quantitative estimate of drug-likeness (QED) is 0.161. The van der Waals surface area contributed by atoms with Crippen LogP contribution in [0.2, 0.25) is 0 Å². The van der Waals surface area contributed by atoms with Crippen LogP contribution in [-0.2, 0) is 19.1 Å². The van der Waals surface area contributed by atoms with Gasteiger partial charge in [-0.15, -0.1) is 23.7 Å². The molecule has 2 heterocycles. The molecule has 0 spiro atoms. The largest absolute Gasteiger partial charge is 0.499 e. The molecule has 1 saturated heterocycles. The zero-order valence-corrected chi connectivity index (χ0v) is 22.3. The van der Waals surface area contributed by atoms with E-state index < -0.39 is 29.2 Å². The van der Waals surface area contributed by atoms with Gasteiger partial charge < -0.3 is 19.9 Å². The molecule has 2 aromatic carbocycles. The molecule has 9 nitrogen and oxygen atoms in total. The highest BCUT2D eigenvalue weighted by molar-refractivity contribution is 8.77. The minimum absolute atomic E-state index is 0. The maximum absolute atomic E-state index is 13.0. The number of aromatic nitrogens is 1. The summed E-state index contributed by atoms with van der Waals surface area (Å²) < 4.78 is 12.3. The Hall–Kier alpha value is -2.93. The number of carbonyl (C=O) groups is 3. The number of aliphatic carboxylic acids is 1. The van der Waals surface area contributed by atoms with Gasteiger partial charge in [0.05, 0.1) is 17.3 Å². The van der Waals surface area contributed by atoms with Gasteiger partial charge in [0.15, 0.2) is 16.6 Å². The van der Waals surface area contributed by atoms with E-state index in [1.165, 1.54) is 47.0 Å². The van der Waals surface area contributed by atoms with E-state index >= 15 is 0 Å². The molecule has 0 saturated carbocycles. The maximum atomic E-state index is 13.0. The lowest BCUT2D eigenvalue weighted by Gasteiger charge is -2.46. The predicted octanol–water partition coefficient (Wildman–Crippen LogP) is 4.15. The molecule has 2 atom stereocenters. The van der Waals surface area contributed by atoms with Gasteiger partial charge in [0.1, 0.15) is 22.9 Å². The van der Waals surface area contributed by atoms with Crippen LogP contribution in [0.25, 0.3) is 10.2 Å². The highest BCUT2D eigenvalue weighted by Gasteiger charge is 2.53. The average molecular weight is 568 g/mol. The predicted molar refractivity (Wildman–Crippen MR) is 142 cm³/mol. The normalized spacial score (nSPS) is 17.5. The summed E-state index contributed by atoms with van der Waals surface area (Å²) in [6.45, 7) is 1.19. The van der Waals surface area contributed by atoms with Crippen molar-refractivity contribution < 1.29 is 29.0 Å². The first kappa shape index (κ1) is 27.7. The van der Waals surface area contributed by atoms with Crippen molar-refractivity contribution in [1.82, 2.24) is 15.2 Å². The lowest BCUT2D eigenvalue weighted by Crippen LogP contribution is -2.69. The number of halogens is 1. The van der Waals surface area contributed by atoms with Gasteiger partial charge in [0.2, 0.25) is 0 Å². The number of allylic oxidation sites excluding steroid dienone is 1. The molecular weight excluding hydrogens is 546 g/mol. The van der Waals surface area contributed by atoms with E-state index in [1.54, 1.807) is 24.3 Å². The summed E-state index contributed by atoms with van der Waals surface area (Å²) in [5.41, 5.74) is 0.581. The number of carbonyl (C=O) groups excluding carboxylic acids is 2. The monoisotopic (exact) mass is 567 g/mol. The molecule has 1 aliphatic heterocycles. The molecular formula is C23H22ClN3O6S3. The number of hydrogen-bond donors (Lipinski definition) is 2. The summed E-state index contributed by atoms with van der Waals surface area (Å²) in [5, 5.41) is 11.7. The van der Waals surface area contributed by atoms with Gasteiger partial charge >= 0.3 is 5.97 Å². The van der Waals surface area contributed by atoms with Crippen LogP contribution in [0, 0.1) is 0 Å². The number of benzene rings is 2. The van der Waals surface area contributed by atoms with Crippen LogP contribution in [0.1, 0.15) is 6.92 Å². The number of fused-ring (bicyclic) bond motifs is 1. The minimum Gasteiger partial charge on any atom is -0.499 e. The van der Waals surface area contributed by atoms with Crippen LogP contribution >= 0.6 is 45.3 Å². The zero-order valence-electron chi connectivity index (χ0n) is 19.1. The van der Waals surface area contributed by atoms with Crippen LogP contribution in [0.15, 0.2) is 70.4 Å². The highest BCUT2D eigenvalue weighted by Crippen LogP contribution is 2.45. The molecule has 1 fully saturated rings. The van der Waals surface area contributed by atoms with Crippen molar-refractivity contribution in [2.45, 2.75) is 22.7 Å². The number of thiazole rings is 1. The summed E-state index contributed by atoms with van der Waals surface area (Å²) in [6.07, 6.45) is 0. The lowest BCUT2D eigenvalue weighted by atomic mass is 10.1. The number of likely N-dealkylation sites (tertiary alicyclic amines) is 1. The van der Waals surface area contributed by atoms with Crippen molar-refractivity contribution in [3.63, 3.8) is 0 Å². The summed E-state index contributed by atoms with van der Waals surface area (Å²) in [4.78, 5) is 43.1. The number of carboxylic acids is 1. The van der Waals surface area contributed by atoms with Crippen LogP contribution in [0.4, 0.5) is 0 Å². The molecule has 2 N–H and O–H groups in total. The molecule has 190 valence electrons. The second-order valence-corrected chi connectivity index (χ2v) is 10.9. The summed E-state index contributed by atoms with van der Waals surface area (Å²) in [7, 11) is 3.89. The molecule has 0 bridgehead atoms. The van der Waals surface area contributed by atoms with Crippen molar-refractivity contribution in [2.24, 2.45) is 0 Å². The Morgan fingerprint density at radius 1 is 1.17 bits per heavy atom. The third kappa shape index (κ3) is 6.06. The number of nitrogens with one attached hydrogen (secondary N) is 1. The van der Waals surface area contributed by atoms with E-state index in [0.29, 0.717) is 5.75 Å². The third-order valence-corrected chi connectivity index (χ3v) is 9.06. The van der Waals surface area contributed by atoms with Crippen molar-refractivity contribution >= 4 is 73.3 Å². The van der Waals surface area contributed by atoms with Gasteiger partial charge in [-0.05, 0) is 42.0 Å². The van der Waals surface area contributed by atoms with Crippen molar-refractivity contribution in [3.05, 3.63) is 66.1 Å². The van der Waals surface area contributed by atoms with Crippen molar-refractivity contribution in [1.29, 1.82) is 0 Å². The van der Waals surface area contributed by atoms with Crippen LogP contribution in [0.3, 0.4) is 0 Å². The lowest BCUT2D eigenvalue weighted by molar-refractivity contribution is -0.151. The highest BCUT2D eigenvalue weighted by atomic mass is 35.5. The number of amides is 2. The SMILES string of the molecule is COC(C)=C(C(=O)O)N1C(=O)C(NC(=O)COc2ccccc2)C1SSc1nc2ccccc2s1.Cl. The fraction of sp³-hybridized carbons (Fsp3) is 0.217. The van der Waals surface area contributed by atoms with Gasteiger partial charge in [-0.1, -0.05) is 41.1 Å². The van der Waals surface area contributed by atoms with Gasteiger partial charge in [-0.25, -0.2) is 9.78 Å². The standard InChI is InChI=1S/C23H21N3O6S3.ClH/c1-13(31-2)19(22(29)30)26-20(28)18(25-17(27)12-32-14-8-4-3-5-9-14)21(26)34-35-23-24-15-10-6-7-11-16(15)33-23;/h3-11,18,21H,12H2,1-2H3,(H,25,27)(H,29,30);1H. The van der Waals surface area contributed by atoms with Crippen LogP contribution < -0.4 is 10.1 Å². The van der Waals surface area contributed by atoms with Gasteiger partial charge in [-0.3, -0.25) is 14.5 Å². The fourth-order valence-corrected chi connectivity index (χ4v) is 7.23. The Balaban J connectivity index is 0.00000361. The second kappa shape index (κ2) is 12.3. The molecule has 2 amide bonds. The number of ether oxygens (including phenoxy) is 2. The summed E-state index contributed by atoms with van der Waals surface area (Å²) >= 11 is 1.49. The molecule has 0 aliphatic carbocycles. The van der Waals surface area contributed by atoms with Gasteiger partial charge in [0, 0.05) is 0 Å². The molecule has 3 aromatic rings. The zero-order chi connectivity index (χ0) is 24.9. The summed E-state index contributed by atoms with van der Waals surface area (Å²) in [6, 6.07) is 15.6. The van der Waals surface area contributed by atoms with Gasteiger partial charge in [-0.2, -0.15) is 0 Å². The van der Waals surface area contributed by atoms with E-state index in [1.807, 2.05) is 30.3 Å². The van der Waals surface area contributed by atoms with E-state index in [4.69, 9.17) is 9.47 Å². The van der Waals surface area contributed by atoms with Crippen LogP contribution in [0.5, 0.6) is 5.75 Å². The number of hydrogen-bond acceptors (Lipinski definition) is 9. The first-order chi connectivity index (χ1) is 16.9. The number of para-hydroxylation sites is 2. The molecule has 4 rings (SSSR count).